The molecule has 0 N–H and O–H groups in total. The summed E-state index contributed by atoms with van der Waals surface area (Å²) in [6, 6.07) is 9.61. The Kier molecular flexibility index (Phi) is 22.0. The van der Waals surface area contributed by atoms with Crippen LogP contribution in [0.1, 0.15) is 102 Å². The van der Waals surface area contributed by atoms with Gasteiger partial charge in [-0.05, 0) is 12.0 Å². The molecule has 0 aliphatic carbocycles. The molecular formula is C28H50BO5P. The molecule has 0 aromatic heterocycles. The number of rotatable bonds is 26. The van der Waals surface area contributed by atoms with E-state index in [-0.39, 0.29) is 19.6 Å². The van der Waals surface area contributed by atoms with Crippen molar-refractivity contribution in [2.75, 3.05) is 32.8 Å². The van der Waals surface area contributed by atoms with Gasteiger partial charge >= 0.3 is 7.60 Å². The number of unbranched alkanes of at least 4 members (excludes halogenated alkanes) is 13. The van der Waals surface area contributed by atoms with Crippen LogP contribution in [0.3, 0.4) is 0 Å². The highest BCUT2D eigenvalue weighted by Crippen LogP contribution is 2.48. The van der Waals surface area contributed by atoms with Gasteiger partial charge in [-0.3, -0.25) is 4.57 Å². The Morgan fingerprint density at radius 1 is 0.657 bits per heavy atom. The molecule has 200 valence electrons. The molecule has 1 unspecified atom stereocenters. The summed E-state index contributed by atoms with van der Waals surface area (Å²) in [5.74, 6) is 0. The van der Waals surface area contributed by atoms with Crippen molar-refractivity contribution in [2.24, 2.45) is 0 Å². The standard InChI is InChI=1S/C28H50BO5P/c1-2-3-4-5-6-7-8-9-10-11-12-13-14-18-22-31-24-25-33-35(30,27-32-23-21-29)34-26-28-19-16-15-17-20-28/h15-17,19-20H,2-14,18,21-27H2,1H3. The summed E-state index contributed by atoms with van der Waals surface area (Å²) in [6.45, 7) is 4.13. The molecule has 7 heteroatoms. The molecule has 1 atom stereocenters. The third-order valence-corrected chi connectivity index (χ3v) is 7.54. The highest BCUT2D eigenvalue weighted by Gasteiger charge is 2.25. The molecule has 0 aliphatic rings. The number of hydrogen-bond donors (Lipinski definition) is 0. The van der Waals surface area contributed by atoms with Crippen LogP contribution < -0.4 is 0 Å². The van der Waals surface area contributed by atoms with E-state index in [9.17, 15) is 4.57 Å². The molecule has 0 bridgehead atoms. The van der Waals surface area contributed by atoms with Gasteiger partial charge in [0.1, 0.15) is 6.35 Å². The Bertz CT molecular complexity index is 617. The summed E-state index contributed by atoms with van der Waals surface area (Å²) >= 11 is 0. The fourth-order valence-corrected chi connectivity index (χ4v) is 5.13. The maximum Gasteiger partial charge on any atom is 0.356 e. The Balaban J connectivity index is 1.98. The molecule has 2 radical (unpaired) electrons. The first-order valence-corrected chi connectivity index (χ1v) is 15.7. The molecule has 1 aromatic rings. The van der Waals surface area contributed by atoms with E-state index in [1.165, 1.54) is 83.5 Å². The fourth-order valence-electron chi connectivity index (χ4n) is 3.85. The molecule has 0 fully saturated rings. The lowest BCUT2D eigenvalue weighted by Crippen LogP contribution is -2.09. The Hall–Kier alpha value is -0.645. The van der Waals surface area contributed by atoms with Gasteiger partial charge in [-0.1, -0.05) is 127 Å². The van der Waals surface area contributed by atoms with Gasteiger partial charge < -0.3 is 18.5 Å². The number of hydrogen-bond acceptors (Lipinski definition) is 5. The molecule has 1 aromatic carbocycles. The maximum absolute atomic E-state index is 13.0. The van der Waals surface area contributed by atoms with Gasteiger partial charge in [-0.2, -0.15) is 0 Å². The van der Waals surface area contributed by atoms with E-state index in [0.29, 0.717) is 26.1 Å². The minimum atomic E-state index is -3.36. The predicted molar refractivity (Wildman–Crippen MR) is 147 cm³/mol. The highest BCUT2D eigenvalue weighted by atomic mass is 31.2. The van der Waals surface area contributed by atoms with Crippen LogP contribution >= 0.6 is 7.60 Å². The Morgan fingerprint density at radius 2 is 1.23 bits per heavy atom. The fraction of sp³-hybridized carbons (Fsp3) is 0.786. The zero-order valence-electron chi connectivity index (χ0n) is 22.3. The summed E-state index contributed by atoms with van der Waals surface area (Å²) in [5, 5.41) is 0. The second-order valence-corrected chi connectivity index (χ2v) is 11.2. The van der Waals surface area contributed by atoms with E-state index in [4.69, 9.17) is 26.4 Å². The Morgan fingerprint density at radius 3 is 1.80 bits per heavy atom. The third kappa shape index (κ3) is 20.1. The van der Waals surface area contributed by atoms with Crippen LogP contribution in [0.4, 0.5) is 0 Å². The molecule has 1 rings (SSSR count). The summed E-state index contributed by atoms with van der Waals surface area (Å²) in [5.41, 5.74) is 0.934. The molecule has 0 aliphatic heterocycles. The molecular weight excluding hydrogens is 458 g/mol. The molecule has 0 heterocycles. The van der Waals surface area contributed by atoms with Crippen LogP contribution in [0.2, 0.25) is 6.32 Å². The summed E-state index contributed by atoms with van der Waals surface area (Å²) < 4.78 is 35.1. The average molecular weight is 508 g/mol. The van der Waals surface area contributed by atoms with E-state index < -0.39 is 7.60 Å². The Labute approximate surface area is 217 Å². The van der Waals surface area contributed by atoms with Crippen molar-refractivity contribution in [1.29, 1.82) is 0 Å². The first-order valence-electron chi connectivity index (χ1n) is 14.0. The van der Waals surface area contributed by atoms with Gasteiger partial charge in [0, 0.05) is 13.2 Å². The molecule has 0 saturated carbocycles. The smallest absolute Gasteiger partial charge is 0.356 e. The minimum Gasteiger partial charge on any atom is -0.379 e. The van der Waals surface area contributed by atoms with Crippen LogP contribution in [0.5, 0.6) is 0 Å². The van der Waals surface area contributed by atoms with Crippen LogP contribution in [0.25, 0.3) is 0 Å². The van der Waals surface area contributed by atoms with Gasteiger partial charge in [0.05, 0.1) is 27.7 Å². The molecule has 0 saturated heterocycles. The number of ether oxygens (including phenoxy) is 2. The lowest BCUT2D eigenvalue weighted by molar-refractivity contribution is 0.0777. The van der Waals surface area contributed by atoms with Crippen molar-refractivity contribution in [3.8, 4) is 0 Å². The van der Waals surface area contributed by atoms with Gasteiger partial charge in [-0.25, -0.2) is 0 Å². The topological polar surface area (TPSA) is 54.0 Å². The van der Waals surface area contributed by atoms with Crippen molar-refractivity contribution in [3.63, 3.8) is 0 Å². The van der Waals surface area contributed by atoms with Crippen LogP contribution in [-0.4, -0.2) is 40.6 Å². The lowest BCUT2D eigenvalue weighted by atomic mass is 10.0. The van der Waals surface area contributed by atoms with E-state index in [1.54, 1.807) is 0 Å². The van der Waals surface area contributed by atoms with Crippen molar-refractivity contribution >= 4 is 15.4 Å². The monoisotopic (exact) mass is 508 g/mol. The maximum atomic E-state index is 13.0. The zero-order chi connectivity index (χ0) is 25.3. The molecule has 0 spiro atoms. The summed E-state index contributed by atoms with van der Waals surface area (Å²) in [6.07, 6.45) is 19.1. The van der Waals surface area contributed by atoms with E-state index in [0.717, 1.165) is 12.0 Å². The van der Waals surface area contributed by atoms with Crippen molar-refractivity contribution in [3.05, 3.63) is 35.9 Å². The van der Waals surface area contributed by atoms with Crippen molar-refractivity contribution < 1.29 is 23.1 Å². The SMILES string of the molecule is [B]CCOCP(=O)(OCCOCCCCCCCCCCCCCCCC)OCc1ccccc1. The first kappa shape index (κ1) is 32.4. The quantitative estimate of drug-likeness (QED) is 0.0714. The highest BCUT2D eigenvalue weighted by molar-refractivity contribution is 7.53. The second kappa shape index (κ2) is 23.7. The van der Waals surface area contributed by atoms with Gasteiger partial charge in [-0.15, -0.1) is 0 Å². The number of benzene rings is 1. The van der Waals surface area contributed by atoms with Crippen LogP contribution in [0, 0.1) is 0 Å². The van der Waals surface area contributed by atoms with E-state index in [2.05, 4.69) is 6.92 Å². The molecule has 0 amide bonds. The predicted octanol–water partition coefficient (Wildman–Crippen LogP) is 8.47. The van der Waals surface area contributed by atoms with Crippen LogP contribution in [0.15, 0.2) is 30.3 Å². The van der Waals surface area contributed by atoms with Gasteiger partial charge in [0.15, 0.2) is 0 Å². The van der Waals surface area contributed by atoms with Crippen LogP contribution in [-0.2, 0) is 29.7 Å². The van der Waals surface area contributed by atoms with Gasteiger partial charge in [0.2, 0.25) is 0 Å². The molecule has 5 nitrogen and oxygen atoms in total. The third-order valence-electron chi connectivity index (χ3n) is 5.94. The largest absolute Gasteiger partial charge is 0.379 e. The lowest BCUT2D eigenvalue weighted by Gasteiger charge is -2.19. The molecule has 35 heavy (non-hydrogen) atoms. The summed E-state index contributed by atoms with van der Waals surface area (Å²) in [4.78, 5) is 0. The van der Waals surface area contributed by atoms with E-state index in [1.807, 2.05) is 30.3 Å². The second-order valence-electron chi connectivity index (χ2n) is 9.24. The van der Waals surface area contributed by atoms with E-state index >= 15 is 0 Å². The average Bonchev–Trinajstić information content (AvgIpc) is 2.88. The zero-order valence-corrected chi connectivity index (χ0v) is 23.2. The summed E-state index contributed by atoms with van der Waals surface area (Å²) in [7, 11) is 2.09. The normalized spacial score (nSPS) is 13.2. The van der Waals surface area contributed by atoms with Gasteiger partial charge in [0.25, 0.3) is 0 Å². The first-order chi connectivity index (χ1) is 17.2. The van der Waals surface area contributed by atoms with Crippen molar-refractivity contribution in [1.82, 2.24) is 0 Å². The minimum absolute atomic E-state index is 0.101. The van der Waals surface area contributed by atoms with Crippen molar-refractivity contribution in [2.45, 2.75) is 110 Å².